The van der Waals surface area contributed by atoms with E-state index in [9.17, 15) is 4.79 Å². The third-order valence-electron chi connectivity index (χ3n) is 3.98. The van der Waals surface area contributed by atoms with Crippen LogP contribution in [0.5, 0.6) is 5.75 Å². The lowest BCUT2D eigenvalue weighted by Gasteiger charge is -2.18. The number of hydrogen-bond acceptors (Lipinski definition) is 5. The number of nitrogens with two attached hydrogens (primary N) is 1. The molecule has 0 radical (unpaired) electrons. The van der Waals surface area contributed by atoms with E-state index < -0.39 is 0 Å². The fourth-order valence-electron chi connectivity index (χ4n) is 2.76. The Morgan fingerprint density at radius 2 is 2.17 bits per heavy atom. The van der Waals surface area contributed by atoms with Crippen molar-refractivity contribution >= 4 is 17.4 Å². The highest BCUT2D eigenvalue weighted by Gasteiger charge is 2.26. The summed E-state index contributed by atoms with van der Waals surface area (Å²) >= 11 is 0. The zero-order chi connectivity index (χ0) is 16.9. The molecule has 24 heavy (non-hydrogen) atoms. The van der Waals surface area contributed by atoms with Gasteiger partial charge >= 0.3 is 0 Å². The maximum absolute atomic E-state index is 12.7. The van der Waals surface area contributed by atoms with E-state index >= 15 is 0 Å². The monoisotopic (exact) mass is 326 g/mol. The predicted octanol–water partition coefficient (Wildman–Crippen LogP) is 2.40. The topological polar surface area (TPSA) is 80.5 Å². The number of carbonyl (C=O) groups is 1. The second-order valence-electron chi connectivity index (χ2n) is 5.78. The van der Waals surface area contributed by atoms with Crippen molar-refractivity contribution in [3.05, 3.63) is 48.2 Å². The summed E-state index contributed by atoms with van der Waals surface area (Å²) in [6.45, 7) is 3.86. The smallest absolute Gasteiger partial charge is 0.257 e. The van der Waals surface area contributed by atoms with Gasteiger partial charge in [-0.15, -0.1) is 0 Å². The molecule has 1 fully saturated rings. The Bertz CT molecular complexity index is 702. The van der Waals surface area contributed by atoms with E-state index in [4.69, 9.17) is 10.5 Å². The molecule has 0 aliphatic carbocycles. The molecule has 3 N–H and O–H groups in total. The van der Waals surface area contributed by atoms with Gasteiger partial charge in [-0.05, 0) is 49.7 Å². The summed E-state index contributed by atoms with van der Waals surface area (Å²) < 4.78 is 5.43. The maximum Gasteiger partial charge on any atom is 0.257 e. The van der Waals surface area contributed by atoms with Gasteiger partial charge in [0, 0.05) is 31.0 Å². The third-order valence-corrected chi connectivity index (χ3v) is 3.98. The van der Waals surface area contributed by atoms with E-state index in [1.807, 2.05) is 31.2 Å². The van der Waals surface area contributed by atoms with Crippen LogP contribution in [0.1, 0.15) is 23.7 Å². The first-order chi connectivity index (χ1) is 11.7. The average Bonchev–Trinajstić information content (AvgIpc) is 3.03. The minimum absolute atomic E-state index is 0.0375. The number of anilines is 2. The summed E-state index contributed by atoms with van der Waals surface area (Å²) in [7, 11) is 0. The summed E-state index contributed by atoms with van der Waals surface area (Å²) in [5.41, 5.74) is 7.31. The summed E-state index contributed by atoms with van der Waals surface area (Å²) in [6, 6.07) is 11.2. The maximum atomic E-state index is 12.7. The van der Waals surface area contributed by atoms with Crippen molar-refractivity contribution in [2.75, 3.05) is 25.0 Å². The highest BCUT2D eigenvalue weighted by atomic mass is 16.5. The van der Waals surface area contributed by atoms with Crippen LogP contribution in [0.4, 0.5) is 11.5 Å². The van der Waals surface area contributed by atoms with Crippen LogP contribution in [0.3, 0.4) is 0 Å². The highest BCUT2D eigenvalue weighted by molar-refractivity contribution is 5.99. The molecule has 0 saturated carbocycles. The molecule has 1 aliphatic heterocycles. The predicted molar refractivity (Wildman–Crippen MR) is 93.6 cm³/mol. The number of aromatic nitrogens is 1. The van der Waals surface area contributed by atoms with Gasteiger partial charge in [-0.1, -0.05) is 0 Å². The van der Waals surface area contributed by atoms with Gasteiger partial charge in [-0.2, -0.15) is 0 Å². The van der Waals surface area contributed by atoms with E-state index in [0.29, 0.717) is 31.1 Å². The van der Waals surface area contributed by atoms with Gasteiger partial charge < -0.3 is 20.7 Å². The van der Waals surface area contributed by atoms with E-state index in [2.05, 4.69) is 10.3 Å². The van der Waals surface area contributed by atoms with E-state index in [1.165, 1.54) is 0 Å². The summed E-state index contributed by atoms with van der Waals surface area (Å²) in [6.07, 6.45) is 2.51. The molecule has 0 unspecified atom stereocenters. The lowest BCUT2D eigenvalue weighted by molar-refractivity contribution is 0.0791. The van der Waals surface area contributed by atoms with Crippen LogP contribution in [-0.4, -0.2) is 41.5 Å². The van der Waals surface area contributed by atoms with Crippen molar-refractivity contribution in [3.63, 3.8) is 0 Å². The molecular weight excluding hydrogens is 304 g/mol. The Kier molecular flexibility index (Phi) is 4.96. The highest BCUT2D eigenvalue weighted by Crippen LogP contribution is 2.23. The van der Waals surface area contributed by atoms with Gasteiger partial charge in [-0.25, -0.2) is 4.98 Å². The van der Waals surface area contributed by atoms with Crippen LogP contribution >= 0.6 is 0 Å². The number of nitrogens with one attached hydrogen (secondary N) is 1. The van der Waals surface area contributed by atoms with Gasteiger partial charge in [0.05, 0.1) is 12.2 Å². The average molecular weight is 326 g/mol. The van der Waals surface area contributed by atoms with Crippen molar-refractivity contribution in [2.45, 2.75) is 19.4 Å². The van der Waals surface area contributed by atoms with E-state index in [0.717, 1.165) is 17.9 Å². The minimum atomic E-state index is -0.0375. The van der Waals surface area contributed by atoms with Gasteiger partial charge in [-0.3, -0.25) is 4.79 Å². The van der Waals surface area contributed by atoms with Crippen LogP contribution in [0.2, 0.25) is 0 Å². The summed E-state index contributed by atoms with van der Waals surface area (Å²) in [5.74, 6) is 1.32. The Morgan fingerprint density at radius 1 is 1.38 bits per heavy atom. The molecule has 0 bridgehead atoms. The quantitative estimate of drug-likeness (QED) is 0.882. The molecule has 1 atom stereocenters. The Labute approximate surface area is 141 Å². The molecular formula is C18H22N4O2. The van der Waals surface area contributed by atoms with Crippen LogP contribution in [0.25, 0.3) is 0 Å². The third kappa shape index (κ3) is 3.65. The molecule has 3 rings (SSSR count). The molecule has 1 aromatic heterocycles. The Morgan fingerprint density at radius 3 is 2.83 bits per heavy atom. The number of ether oxygens (including phenoxy) is 1. The Hall–Kier alpha value is -2.60. The molecule has 2 aromatic rings. The van der Waals surface area contributed by atoms with Gasteiger partial charge in [0.1, 0.15) is 11.6 Å². The standard InChI is InChI=1S/C18H22N4O2/c1-2-24-15-7-5-14(6-8-15)21-17-16(4-3-10-20-17)18(23)22-11-9-13(19)12-22/h3-8,10,13H,2,9,11-12,19H2,1H3,(H,20,21)/t13-/m1/s1. The first-order valence-electron chi connectivity index (χ1n) is 8.17. The number of benzene rings is 1. The second-order valence-corrected chi connectivity index (χ2v) is 5.78. The first-order valence-corrected chi connectivity index (χ1v) is 8.17. The van der Waals surface area contributed by atoms with Crippen molar-refractivity contribution in [1.29, 1.82) is 0 Å². The van der Waals surface area contributed by atoms with Gasteiger partial charge in [0.25, 0.3) is 5.91 Å². The zero-order valence-electron chi connectivity index (χ0n) is 13.7. The molecule has 6 nitrogen and oxygen atoms in total. The largest absolute Gasteiger partial charge is 0.494 e. The lowest BCUT2D eigenvalue weighted by atomic mass is 10.2. The van der Waals surface area contributed by atoms with Gasteiger partial charge in [0.15, 0.2) is 0 Å². The lowest BCUT2D eigenvalue weighted by Crippen LogP contribution is -2.32. The number of hydrogen-bond donors (Lipinski definition) is 2. The number of rotatable bonds is 5. The van der Waals surface area contributed by atoms with Crippen molar-refractivity contribution in [2.24, 2.45) is 5.73 Å². The van der Waals surface area contributed by atoms with E-state index in [-0.39, 0.29) is 11.9 Å². The molecule has 6 heteroatoms. The minimum Gasteiger partial charge on any atom is -0.494 e. The molecule has 0 spiro atoms. The second kappa shape index (κ2) is 7.31. The molecule has 1 amide bonds. The molecule has 2 heterocycles. The van der Waals surface area contributed by atoms with Crippen LogP contribution in [-0.2, 0) is 0 Å². The van der Waals surface area contributed by atoms with Crippen molar-refractivity contribution in [3.8, 4) is 5.75 Å². The summed E-state index contributed by atoms with van der Waals surface area (Å²) in [5, 5.41) is 3.21. The molecule has 1 saturated heterocycles. The number of likely N-dealkylation sites (tertiary alicyclic amines) is 1. The van der Waals surface area contributed by atoms with Crippen LogP contribution in [0, 0.1) is 0 Å². The first kappa shape index (κ1) is 16.3. The Balaban J connectivity index is 1.77. The SMILES string of the molecule is CCOc1ccc(Nc2ncccc2C(=O)N2CC[C@@H](N)C2)cc1. The van der Waals surface area contributed by atoms with Crippen LogP contribution < -0.4 is 15.8 Å². The van der Waals surface area contributed by atoms with Gasteiger partial charge in [0.2, 0.25) is 0 Å². The number of pyridine rings is 1. The van der Waals surface area contributed by atoms with Crippen LogP contribution in [0.15, 0.2) is 42.6 Å². The molecule has 1 aromatic carbocycles. The fraction of sp³-hybridized carbons (Fsp3) is 0.333. The number of nitrogens with zero attached hydrogens (tertiary/aromatic N) is 2. The van der Waals surface area contributed by atoms with E-state index in [1.54, 1.807) is 23.2 Å². The zero-order valence-corrected chi connectivity index (χ0v) is 13.7. The number of amides is 1. The fourth-order valence-corrected chi connectivity index (χ4v) is 2.76. The number of carbonyl (C=O) groups excluding carboxylic acids is 1. The van der Waals surface area contributed by atoms with Crippen molar-refractivity contribution < 1.29 is 9.53 Å². The van der Waals surface area contributed by atoms with Crippen molar-refractivity contribution in [1.82, 2.24) is 9.88 Å². The summed E-state index contributed by atoms with van der Waals surface area (Å²) in [4.78, 5) is 18.8. The molecule has 1 aliphatic rings. The molecule has 126 valence electrons. The normalized spacial score (nSPS) is 16.9.